The molecule has 0 amide bonds. The van der Waals surface area contributed by atoms with Gasteiger partial charge in [-0.1, -0.05) is 75.9 Å². The summed E-state index contributed by atoms with van der Waals surface area (Å²) in [5.74, 6) is 0.546. The number of unbranched alkanes of at least 4 members (excludes halogenated alkanes) is 3. The van der Waals surface area contributed by atoms with Crippen molar-refractivity contribution in [3.05, 3.63) is 95.2 Å². The number of rotatable bonds is 18. The van der Waals surface area contributed by atoms with E-state index in [1.165, 1.54) is 29.7 Å². The van der Waals surface area contributed by atoms with Crippen LogP contribution in [0.1, 0.15) is 92.9 Å². The molecule has 0 unspecified atom stereocenters. The van der Waals surface area contributed by atoms with E-state index in [2.05, 4.69) is 25.7 Å². The Morgan fingerprint density at radius 1 is 0.773 bits per heavy atom. The minimum Gasteiger partial charge on any atom is -0.494 e. The molecule has 1 heterocycles. The van der Waals surface area contributed by atoms with Gasteiger partial charge in [0, 0.05) is 23.2 Å². The van der Waals surface area contributed by atoms with E-state index < -0.39 is 10.0 Å². The Morgan fingerprint density at radius 3 is 2.02 bits per heavy atom. The molecule has 0 saturated carbocycles. The van der Waals surface area contributed by atoms with Crippen LogP contribution in [0, 0.1) is 6.92 Å². The number of aryl methyl sites for hydroxylation is 1. The van der Waals surface area contributed by atoms with E-state index in [0.29, 0.717) is 40.8 Å². The average Bonchev–Trinajstić information content (AvgIpc) is 3.37. The highest BCUT2D eigenvalue weighted by Gasteiger charge is 2.29. The summed E-state index contributed by atoms with van der Waals surface area (Å²) >= 11 is 0. The van der Waals surface area contributed by atoms with Crippen molar-refractivity contribution in [2.45, 2.75) is 84.0 Å². The summed E-state index contributed by atoms with van der Waals surface area (Å²) in [5.41, 5.74) is 3.01. The van der Waals surface area contributed by atoms with E-state index in [4.69, 9.17) is 4.74 Å². The second-order valence-corrected chi connectivity index (χ2v) is 13.4. The molecule has 4 aromatic rings. The van der Waals surface area contributed by atoms with E-state index in [9.17, 15) is 13.2 Å². The van der Waals surface area contributed by atoms with Gasteiger partial charge in [0.2, 0.25) is 0 Å². The lowest BCUT2D eigenvalue weighted by Crippen LogP contribution is -2.28. The number of carbonyl (C=O) groups is 1. The lowest BCUT2D eigenvalue weighted by Gasteiger charge is -2.21. The third kappa shape index (κ3) is 7.99. The van der Waals surface area contributed by atoms with Gasteiger partial charge in [-0.2, -0.15) is 0 Å². The number of hydrogen-bond donors (Lipinski definition) is 0. The van der Waals surface area contributed by atoms with Crippen LogP contribution >= 0.6 is 0 Å². The molecule has 236 valence electrons. The van der Waals surface area contributed by atoms with Crippen LogP contribution in [0.4, 0.5) is 0 Å². The topological polar surface area (TPSA) is 68.6 Å². The van der Waals surface area contributed by atoms with Gasteiger partial charge in [0.25, 0.3) is 10.0 Å². The van der Waals surface area contributed by atoms with Crippen molar-refractivity contribution in [2.24, 2.45) is 0 Å². The van der Waals surface area contributed by atoms with E-state index in [1.54, 1.807) is 42.5 Å². The third-order valence-electron chi connectivity index (χ3n) is 8.14. The van der Waals surface area contributed by atoms with Crippen LogP contribution in [-0.4, -0.2) is 49.3 Å². The second-order valence-electron chi connectivity index (χ2n) is 11.6. The van der Waals surface area contributed by atoms with Crippen LogP contribution in [0.3, 0.4) is 0 Å². The Hall–Kier alpha value is -3.42. The van der Waals surface area contributed by atoms with Crippen molar-refractivity contribution >= 4 is 26.7 Å². The lowest BCUT2D eigenvalue weighted by molar-refractivity contribution is 0.103. The number of ether oxygens (including phenoxy) is 1. The molecule has 44 heavy (non-hydrogen) atoms. The molecule has 0 bridgehead atoms. The molecule has 0 fully saturated rings. The summed E-state index contributed by atoms with van der Waals surface area (Å²) in [5, 5.41) is 0.648. The van der Waals surface area contributed by atoms with Crippen LogP contribution in [-0.2, 0) is 16.4 Å². The number of carbonyl (C=O) groups excluding carboxylic acids is 1. The molecule has 0 atom stereocenters. The number of hydrogen-bond acceptors (Lipinski definition) is 5. The Morgan fingerprint density at radius 2 is 1.39 bits per heavy atom. The Kier molecular flexibility index (Phi) is 12.2. The molecular formula is C37H48N2O4S. The molecule has 6 nitrogen and oxygen atoms in total. The van der Waals surface area contributed by atoms with Crippen LogP contribution in [0.25, 0.3) is 10.9 Å². The first-order valence-corrected chi connectivity index (χ1v) is 17.7. The fourth-order valence-corrected chi connectivity index (χ4v) is 7.18. The highest BCUT2D eigenvalue weighted by atomic mass is 32.2. The van der Waals surface area contributed by atoms with Crippen molar-refractivity contribution in [3.8, 4) is 5.75 Å². The molecule has 7 heteroatoms. The molecule has 0 radical (unpaired) electrons. The highest BCUT2D eigenvalue weighted by Crippen LogP contribution is 2.33. The minimum atomic E-state index is -3.93. The molecule has 0 saturated heterocycles. The molecular weight excluding hydrogens is 568 g/mol. The van der Waals surface area contributed by atoms with Gasteiger partial charge in [0.15, 0.2) is 5.78 Å². The quantitative estimate of drug-likeness (QED) is 0.0829. The predicted molar refractivity (Wildman–Crippen MR) is 181 cm³/mol. The first kappa shape index (κ1) is 33.5. The summed E-state index contributed by atoms with van der Waals surface area (Å²) in [4.78, 5) is 16.9. The maximum atomic E-state index is 14.1. The number of fused-ring (bicyclic) bond motifs is 1. The zero-order chi connectivity index (χ0) is 31.5. The molecule has 0 spiro atoms. The van der Waals surface area contributed by atoms with Crippen LogP contribution < -0.4 is 4.74 Å². The molecule has 0 aliphatic carbocycles. The summed E-state index contributed by atoms with van der Waals surface area (Å²) in [7, 11) is -3.93. The monoisotopic (exact) mass is 616 g/mol. The van der Waals surface area contributed by atoms with Crippen molar-refractivity contribution in [3.63, 3.8) is 0 Å². The molecule has 1 aromatic heterocycles. The number of aromatic nitrogens is 1. The second kappa shape index (κ2) is 16.1. The van der Waals surface area contributed by atoms with Gasteiger partial charge in [-0.05, 0) is 94.6 Å². The maximum Gasteiger partial charge on any atom is 0.268 e. The van der Waals surface area contributed by atoms with Gasteiger partial charge in [0.05, 0.1) is 22.6 Å². The zero-order valence-corrected chi connectivity index (χ0v) is 27.7. The third-order valence-corrected chi connectivity index (χ3v) is 9.90. The number of benzene rings is 3. The SMILES string of the molecule is CCCCc1c(C(=O)c2ccc(OCCCN(CCCC)CCCC)cc2)c2ccccc2n1S(=O)(=O)c1ccc(C)cc1. The van der Waals surface area contributed by atoms with Crippen molar-refractivity contribution in [2.75, 3.05) is 26.2 Å². The predicted octanol–water partition coefficient (Wildman–Crippen LogP) is 8.43. The van der Waals surface area contributed by atoms with E-state index in [0.717, 1.165) is 50.2 Å². The highest BCUT2D eigenvalue weighted by molar-refractivity contribution is 7.90. The first-order chi connectivity index (χ1) is 21.3. The number of nitrogens with zero attached hydrogens (tertiary/aromatic N) is 2. The Bertz CT molecular complexity index is 1600. The summed E-state index contributed by atoms with van der Waals surface area (Å²) < 4.78 is 35.6. The van der Waals surface area contributed by atoms with Crippen LogP contribution in [0.2, 0.25) is 0 Å². The van der Waals surface area contributed by atoms with Crippen molar-refractivity contribution < 1.29 is 17.9 Å². The first-order valence-electron chi connectivity index (χ1n) is 16.3. The van der Waals surface area contributed by atoms with Gasteiger partial charge in [-0.25, -0.2) is 12.4 Å². The van der Waals surface area contributed by atoms with E-state index in [1.807, 2.05) is 37.3 Å². The van der Waals surface area contributed by atoms with Gasteiger partial charge >= 0.3 is 0 Å². The Labute approximate surface area is 264 Å². The summed E-state index contributed by atoms with van der Waals surface area (Å²) in [6.45, 7) is 12.4. The average molecular weight is 617 g/mol. The van der Waals surface area contributed by atoms with Gasteiger partial charge in [-0.15, -0.1) is 0 Å². The van der Waals surface area contributed by atoms with Crippen LogP contribution in [0.5, 0.6) is 5.75 Å². The fraction of sp³-hybridized carbons (Fsp3) is 0.432. The molecule has 4 rings (SSSR count). The maximum absolute atomic E-state index is 14.1. The Balaban J connectivity index is 1.58. The number of para-hydroxylation sites is 1. The number of ketones is 1. The van der Waals surface area contributed by atoms with Gasteiger partial charge in [0.1, 0.15) is 5.75 Å². The smallest absolute Gasteiger partial charge is 0.268 e. The lowest BCUT2D eigenvalue weighted by atomic mass is 9.98. The molecule has 0 N–H and O–H groups in total. The summed E-state index contributed by atoms with van der Waals surface area (Å²) in [6, 6.07) is 21.4. The molecule has 0 aliphatic heterocycles. The van der Waals surface area contributed by atoms with Gasteiger partial charge < -0.3 is 9.64 Å². The largest absolute Gasteiger partial charge is 0.494 e. The van der Waals surface area contributed by atoms with Crippen molar-refractivity contribution in [1.29, 1.82) is 0 Å². The summed E-state index contributed by atoms with van der Waals surface area (Å²) in [6.07, 6.45) is 7.91. The van der Waals surface area contributed by atoms with Crippen molar-refractivity contribution in [1.82, 2.24) is 8.87 Å². The molecule has 3 aromatic carbocycles. The molecule has 0 aliphatic rings. The normalized spacial score (nSPS) is 11.8. The zero-order valence-electron chi connectivity index (χ0n) is 26.8. The van der Waals surface area contributed by atoms with E-state index in [-0.39, 0.29) is 10.7 Å². The van der Waals surface area contributed by atoms with Gasteiger partial charge in [-0.3, -0.25) is 4.79 Å². The van der Waals surface area contributed by atoms with Crippen LogP contribution in [0.15, 0.2) is 77.7 Å². The fourth-order valence-electron chi connectivity index (χ4n) is 5.60. The van der Waals surface area contributed by atoms with E-state index >= 15 is 0 Å². The standard InChI is InChI=1S/C37H48N2O4S/c1-5-8-15-35-36(33-14-11-12-16-34(33)39(35)44(41,42)32-23-17-29(4)18-24-32)37(40)30-19-21-31(22-20-30)43-28-13-27-38(25-9-6-2)26-10-7-3/h11-12,14,16-24H,5-10,13,15,25-28H2,1-4H3. The minimum absolute atomic E-state index is 0.181.